The van der Waals surface area contributed by atoms with Crippen LogP contribution in [0.4, 0.5) is 11.6 Å². The van der Waals surface area contributed by atoms with Crippen LogP contribution in [0.2, 0.25) is 0 Å². The fourth-order valence-corrected chi connectivity index (χ4v) is 5.21. The topological polar surface area (TPSA) is 86.4 Å². The Kier molecular flexibility index (Phi) is 5.85. The lowest BCUT2D eigenvalue weighted by atomic mass is 10.0. The molecular formula is C21H29N5O2S. The van der Waals surface area contributed by atoms with Crippen LogP contribution < -0.4 is 10.6 Å². The van der Waals surface area contributed by atoms with E-state index in [2.05, 4.69) is 27.9 Å². The van der Waals surface area contributed by atoms with Gasteiger partial charge in [-0.25, -0.2) is 15.0 Å². The van der Waals surface area contributed by atoms with E-state index in [0.29, 0.717) is 19.0 Å². The number of nitrogens with zero attached hydrogens (tertiary/aromatic N) is 4. The highest BCUT2D eigenvalue weighted by Gasteiger charge is 2.40. The van der Waals surface area contributed by atoms with Crippen LogP contribution in [-0.2, 0) is 15.9 Å². The van der Waals surface area contributed by atoms with Gasteiger partial charge in [0.2, 0.25) is 0 Å². The fourth-order valence-electron chi connectivity index (χ4n) is 4.14. The van der Waals surface area contributed by atoms with Gasteiger partial charge in [-0.3, -0.25) is 0 Å². The Labute approximate surface area is 175 Å². The Morgan fingerprint density at radius 2 is 1.90 bits per heavy atom. The number of ether oxygens (including phenoxy) is 2. The maximum absolute atomic E-state index is 6.08. The van der Waals surface area contributed by atoms with Crippen LogP contribution >= 0.6 is 11.3 Å². The molecule has 0 aliphatic carbocycles. The van der Waals surface area contributed by atoms with Gasteiger partial charge in [0.05, 0.1) is 23.4 Å². The van der Waals surface area contributed by atoms with Gasteiger partial charge in [0.15, 0.2) is 5.79 Å². The highest BCUT2D eigenvalue weighted by molar-refractivity contribution is 7.26. The summed E-state index contributed by atoms with van der Waals surface area (Å²) in [5.41, 5.74) is 8.30. The average molecular weight is 416 g/mol. The third-order valence-electron chi connectivity index (χ3n) is 5.50. The van der Waals surface area contributed by atoms with Crippen molar-refractivity contribution in [3.63, 3.8) is 0 Å². The summed E-state index contributed by atoms with van der Waals surface area (Å²) in [6.07, 6.45) is 5.35. The Hall–Kier alpha value is -2.03. The Bertz CT molecular complexity index is 990. The molecule has 0 radical (unpaired) electrons. The Balaban J connectivity index is 0.000000994. The second-order valence-corrected chi connectivity index (χ2v) is 8.20. The van der Waals surface area contributed by atoms with E-state index in [1.807, 2.05) is 13.8 Å². The molecule has 3 aromatic heterocycles. The van der Waals surface area contributed by atoms with Crippen molar-refractivity contribution >= 4 is 43.4 Å². The van der Waals surface area contributed by atoms with Crippen LogP contribution in [0.5, 0.6) is 0 Å². The van der Waals surface area contributed by atoms with Crippen LogP contribution in [0.15, 0.2) is 12.4 Å². The molecule has 2 aliphatic heterocycles. The van der Waals surface area contributed by atoms with Crippen molar-refractivity contribution in [2.75, 3.05) is 36.9 Å². The Morgan fingerprint density at radius 1 is 1.17 bits per heavy atom. The SMILES string of the molecule is CC.CCCc1cc(N2CCC3(CC2)OCCO3)nc2sc3c(N)ncnc3c12. The van der Waals surface area contributed by atoms with E-state index in [-0.39, 0.29) is 5.79 Å². The van der Waals surface area contributed by atoms with E-state index in [9.17, 15) is 0 Å². The molecule has 3 aromatic rings. The number of piperidine rings is 1. The van der Waals surface area contributed by atoms with Crippen molar-refractivity contribution in [3.8, 4) is 0 Å². The molecule has 1 spiro atoms. The van der Waals surface area contributed by atoms with Gasteiger partial charge in [0, 0.05) is 31.3 Å². The lowest BCUT2D eigenvalue weighted by Gasteiger charge is -2.38. The third kappa shape index (κ3) is 3.65. The number of hydrogen-bond donors (Lipinski definition) is 1. The van der Waals surface area contributed by atoms with Gasteiger partial charge in [-0.05, 0) is 18.1 Å². The maximum atomic E-state index is 6.08. The standard InChI is InChI=1S/C19H23N5O2S.C2H6/c1-2-3-12-10-13(24-6-4-19(5-7-24)25-8-9-26-19)23-18-14(12)15-16(27-18)17(20)22-11-21-15;1-2/h10-11H,2-9H2,1H3,(H2,20,21,22);1-2H3. The first-order valence-corrected chi connectivity index (χ1v) is 11.4. The van der Waals surface area contributed by atoms with Gasteiger partial charge in [0.1, 0.15) is 22.8 Å². The van der Waals surface area contributed by atoms with Crippen LogP contribution in [0.25, 0.3) is 20.4 Å². The normalized spacial score (nSPS) is 18.4. The number of rotatable bonds is 3. The first-order chi connectivity index (χ1) is 14.2. The fraction of sp³-hybridized carbons (Fsp3) is 0.571. The quantitative estimate of drug-likeness (QED) is 0.688. The number of hydrogen-bond acceptors (Lipinski definition) is 8. The number of aryl methyl sites for hydroxylation is 1. The number of pyridine rings is 1. The second kappa shape index (κ2) is 8.38. The van der Waals surface area contributed by atoms with Crippen molar-refractivity contribution in [3.05, 3.63) is 18.0 Å². The molecular weight excluding hydrogens is 386 g/mol. The second-order valence-electron chi connectivity index (χ2n) is 7.20. The first kappa shape index (κ1) is 20.3. The maximum Gasteiger partial charge on any atom is 0.171 e. The summed E-state index contributed by atoms with van der Waals surface area (Å²) >= 11 is 1.59. The van der Waals surface area contributed by atoms with Crippen LogP contribution in [0.3, 0.4) is 0 Å². The van der Waals surface area contributed by atoms with Gasteiger partial charge in [-0.15, -0.1) is 11.3 Å². The molecule has 0 atom stereocenters. The Morgan fingerprint density at radius 3 is 2.59 bits per heavy atom. The van der Waals surface area contributed by atoms with Crippen LogP contribution in [0, 0.1) is 0 Å². The van der Waals surface area contributed by atoms with Gasteiger partial charge in [-0.1, -0.05) is 27.2 Å². The number of thiophene rings is 1. The summed E-state index contributed by atoms with van der Waals surface area (Å²) in [5, 5.41) is 1.13. The monoisotopic (exact) mass is 415 g/mol. The molecule has 29 heavy (non-hydrogen) atoms. The molecule has 2 N–H and O–H groups in total. The first-order valence-electron chi connectivity index (χ1n) is 10.5. The number of nitrogen functional groups attached to an aromatic ring is 1. The van der Waals surface area contributed by atoms with E-state index in [1.54, 1.807) is 17.7 Å². The van der Waals surface area contributed by atoms with E-state index in [0.717, 1.165) is 65.0 Å². The van der Waals surface area contributed by atoms with E-state index in [4.69, 9.17) is 20.2 Å². The van der Waals surface area contributed by atoms with E-state index in [1.165, 1.54) is 5.56 Å². The molecule has 5 heterocycles. The van der Waals surface area contributed by atoms with Crippen LogP contribution in [-0.4, -0.2) is 47.0 Å². The molecule has 2 fully saturated rings. The molecule has 0 aromatic carbocycles. The zero-order valence-corrected chi connectivity index (χ0v) is 18.2. The lowest BCUT2D eigenvalue weighted by Crippen LogP contribution is -2.45. The summed E-state index contributed by atoms with van der Waals surface area (Å²) in [5.74, 6) is 1.19. The minimum absolute atomic E-state index is 0.367. The summed E-state index contributed by atoms with van der Waals surface area (Å²) < 4.78 is 12.6. The number of fused-ring (bicyclic) bond motifs is 3. The van der Waals surface area contributed by atoms with Crippen molar-refractivity contribution in [1.82, 2.24) is 15.0 Å². The van der Waals surface area contributed by atoms with Gasteiger partial charge in [-0.2, -0.15) is 0 Å². The average Bonchev–Trinajstić information content (AvgIpc) is 3.36. The molecule has 8 heteroatoms. The van der Waals surface area contributed by atoms with Gasteiger partial charge in [0.25, 0.3) is 0 Å². The highest BCUT2D eigenvalue weighted by atomic mass is 32.1. The molecule has 0 bridgehead atoms. The van der Waals surface area contributed by atoms with Crippen LogP contribution in [0.1, 0.15) is 45.6 Å². The zero-order valence-electron chi connectivity index (χ0n) is 17.4. The molecule has 0 saturated carbocycles. The zero-order chi connectivity index (χ0) is 20.4. The lowest BCUT2D eigenvalue weighted by molar-refractivity contribution is -0.169. The predicted octanol–water partition coefficient (Wildman–Crippen LogP) is 4.14. The summed E-state index contributed by atoms with van der Waals surface area (Å²) in [4.78, 5) is 16.9. The predicted molar refractivity (Wildman–Crippen MR) is 119 cm³/mol. The molecule has 5 rings (SSSR count). The minimum Gasteiger partial charge on any atom is -0.382 e. The third-order valence-corrected chi connectivity index (χ3v) is 6.60. The van der Waals surface area contributed by atoms with Crippen molar-refractivity contribution in [2.24, 2.45) is 0 Å². The molecule has 156 valence electrons. The summed E-state index contributed by atoms with van der Waals surface area (Å²) in [6, 6.07) is 2.23. The molecule has 0 amide bonds. The van der Waals surface area contributed by atoms with Gasteiger partial charge < -0.3 is 20.1 Å². The molecule has 0 unspecified atom stereocenters. The largest absolute Gasteiger partial charge is 0.382 e. The van der Waals surface area contributed by atoms with Crippen molar-refractivity contribution in [2.45, 2.75) is 52.2 Å². The molecule has 2 aliphatic rings. The number of nitrogens with two attached hydrogens (primary N) is 1. The summed E-state index contributed by atoms with van der Waals surface area (Å²) in [7, 11) is 0. The minimum atomic E-state index is -0.367. The summed E-state index contributed by atoms with van der Waals surface area (Å²) in [6.45, 7) is 9.38. The molecule has 7 nitrogen and oxygen atoms in total. The van der Waals surface area contributed by atoms with E-state index >= 15 is 0 Å². The molecule has 2 saturated heterocycles. The smallest absolute Gasteiger partial charge is 0.171 e. The number of aromatic nitrogens is 3. The van der Waals surface area contributed by atoms with Crippen molar-refractivity contribution < 1.29 is 9.47 Å². The van der Waals surface area contributed by atoms with Gasteiger partial charge >= 0.3 is 0 Å². The highest BCUT2D eigenvalue weighted by Crippen LogP contribution is 2.39. The van der Waals surface area contributed by atoms with Crippen molar-refractivity contribution in [1.29, 1.82) is 0 Å². The van der Waals surface area contributed by atoms with E-state index < -0.39 is 0 Å². The number of anilines is 2.